The normalized spacial score (nSPS) is 10.0. The Balaban J connectivity index is 1.81. The molecule has 0 fully saturated rings. The molecule has 20 heavy (non-hydrogen) atoms. The van der Waals surface area contributed by atoms with Gasteiger partial charge >= 0.3 is 6.09 Å². The summed E-state index contributed by atoms with van der Waals surface area (Å²) in [5.41, 5.74) is 5.72. The fourth-order valence-corrected chi connectivity index (χ4v) is 1.52. The molecule has 0 saturated heterocycles. The van der Waals surface area contributed by atoms with Gasteiger partial charge in [-0.1, -0.05) is 12.1 Å². The van der Waals surface area contributed by atoms with Crippen LogP contribution in [-0.2, 0) is 4.79 Å². The predicted octanol–water partition coefficient (Wildman–Crippen LogP) is 1.45. The lowest BCUT2D eigenvalue weighted by molar-refractivity contribution is -0.115. The van der Waals surface area contributed by atoms with E-state index in [1.807, 2.05) is 0 Å². The Kier molecular flexibility index (Phi) is 4.33. The van der Waals surface area contributed by atoms with Gasteiger partial charge in [-0.2, -0.15) is 0 Å². The first kappa shape index (κ1) is 13.6. The smallest absolute Gasteiger partial charge is 0.409 e. The van der Waals surface area contributed by atoms with Gasteiger partial charge in [0.25, 0.3) is 0 Å². The third-order valence-corrected chi connectivity index (χ3v) is 2.38. The van der Waals surface area contributed by atoms with Crippen molar-refractivity contribution in [1.82, 2.24) is 9.97 Å². The van der Waals surface area contributed by atoms with Crippen molar-refractivity contribution in [1.29, 1.82) is 0 Å². The first-order valence-corrected chi connectivity index (χ1v) is 5.83. The molecule has 0 unspecified atom stereocenters. The van der Waals surface area contributed by atoms with Gasteiger partial charge in [-0.25, -0.2) is 9.78 Å². The third kappa shape index (κ3) is 4.13. The Morgan fingerprint density at radius 1 is 1.35 bits per heavy atom. The van der Waals surface area contributed by atoms with Crippen molar-refractivity contribution in [2.24, 2.45) is 5.73 Å². The number of ether oxygens (including phenoxy) is 1. The van der Waals surface area contributed by atoms with Crippen molar-refractivity contribution < 1.29 is 14.3 Å². The molecule has 0 aliphatic heterocycles. The van der Waals surface area contributed by atoms with Crippen molar-refractivity contribution in [3.05, 3.63) is 48.6 Å². The SMILES string of the molecule is NC(=O)Oc1ccc([CH]CC(=O)Nc2ncc[nH]2)cc1. The van der Waals surface area contributed by atoms with Gasteiger partial charge in [-0.3, -0.25) is 10.1 Å². The summed E-state index contributed by atoms with van der Waals surface area (Å²) in [6, 6.07) is 6.64. The lowest BCUT2D eigenvalue weighted by atomic mass is 10.1. The molecule has 2 amide bonds. The minimum absolute atomic E-state index is 0.183. The Morgan fingerprint density at radius 2 is 2.10 bits per heavy atom. The Hall–Kier alpha value is -2.83. The van der Waals surface area contributed by atoms with Gasteiger partial charge in [-0.05, 0) is 24.1 Å². The van der Waals surface area contributed by atoms with Crippen LogP contribution in [0, 0.1) is 6.42 Å². The lowest BCUT2D eigenvalue weighted by Gasteiger charge is -2.04. The van der Waals surface area contributed by atoms with Crippen LogP contribution in [0.5, 0.6) is 5.75 Å². The number of aromatic nitrogens is 2. The molecular formula is C13H13N4O3. The summed E-state index contributed by atoms with van der Waals surface area (Å²) >= 11 is 0. The Bertz CT molecular complexity index is 578. The van der Waals surface area contributed by atoms with Gasteiger partial charge in [0.1, 0.15) is 5.75 Å². The molecule has 0 spiro atoms. The van der Waals surface area contributed by atoms with E-state index in [9.17, 15) is 9.59 Å². The van der Waals surface area contributed by atoms with Gasteiger partial charge in [0.15, 0.2) is 0 Å². The highest BCUT2D eigenvalue weighted by Crippen LogP contribution is 2.14. The Morgan fingerprint density at radius 3 is 2.70 bits per heavy atom. The molecule has 0 aliphatic rings. The number of nitrogens with two attached hydrogens (primary N) is 1. The molecule has 1 aromatic heterocycles. The van der Waals surface area contributed by atoms with E-state index in [-0.39, 0.29) is 12.3 Å². The maximum Gasteiger partial charge on any atom is 0.409 e. The number of anilines is 1. The molecule has 7 heteroatoms. The van der Waals surface area contributed by atoms with E-state index in [0.29, 0.717) is 11.7 Å². The first-order chi connectivity index (χ1) is 9.63. The average Bonchev–Trinajstić information content (AvgIpc) is 2.90. The second kappa shape index (κ2) is 6.37. The van der Waals surface area contributed by atoms with Crippen LogP contribution in [0.1, 0.15) is 12.0 Å². The largest absolute Gasteiger partial charge is 0.411 e. The number of nitrogens with zero attached hydrogens (tertiary/aromatic N) is 1. The zero-order valence-corrected chi connectivity index (χ0v) is 10.5. The van der Waals surface area contributed by atoms with Crippen molar-refractivity contribution in [2.75, 3.05) is 5.32 Å². The van der Waals surface area contributed by atoms with Crippen LogP contribution < -0.4 is 15.8 Å². The van der Waals surface area contributed by atoms with Crippen molar-refractivity contribution >= 4 is 17.9 Å². The van der Waals surface area contributed by atoms with Gasteiger partial charge in [-0.15, -0.1) is 0 Å². The van der Waals surface area contributed by atoms with Crippen LogP contribution in [0.3, 0.4) is 0 Å². The summed E-state index contributed by atoms with van der Waals surface area (Å²) < 4.78 is 4.70. The topological polar surface area (TPSA) is 110 Å². The quantitative estimate of drug-likeness (QED) is 0.765. The van der Waals surface area contributed by atoms with Crippen LogP contribution in [-0.4, -0.2) is 22.0 Å². The van der Waals surface area contributed by atoms with Crippen LogP contribution in [0.4, 0.5) is 10.7 Å². The molecule has 1 heterocycles. The molecule has 0 saturated carbocycles. The minimum Gasteiger partial charge on any atom is -0.411 e. The summed E-state index contributed by atoms with van der Waals surface area (Å²) in [7, 11) is 0. The molecular weight excluding hydrogens is 260 g/mol. The van der Waals surface area contributed by atoms with E-state index in [0.717, 1.165) is 5.56 Å². The molecule has 1 aromatic carbocycles. The number of hydrogen-bond donors (Lipinski definition) is 3. The summed E-state index contributed by atoms with van der Waals surface area (Å²) in [6.07, 6.45) is 4.26. The van der Waals surface area contributed by atoms with E-state index in [1.54, 1.807) is 43.1 Å². The van der Waals surface area contributed by atoms with Crippen molar-refractivity contribution in [3.8, 4) is 5.75 Å². The second-order valence-corrected chi connectivity index (χ2v) is 3.88. The first-order valence-electron chi connectivity index (χ1n) is 5.83. The highest BCUT2D eigenvalue weighted by atomic mass is 16.5. The number of hydrogen-bond acceptors (Lipinski definition) is 4. The fourth-order valence-electron chi connectivity index (χ4n) is 1.52. The number of carbonyl (C=O) groups is 2. The molecule has 0 bridgehead atoms. The highest BCUT2D eigenvalue weighted by Gasteiger charge is 2.05. The molecule has 4 N–H and O–H groups in total. The van der Waals surface area contributed by atoms with Gasteiger partial charge in [0.05, 0.1) is 0 Å². The number of primary amides is 1. The van der Waals surface area contributed by atoms with Gasteiger partial charge in [0.2, 0.25) is 11.9 Å². The van der Waals surface area contributed by atoms with Crippen LogP contribution in [0.25, 0.3) is 0 Å². The third-order valence-electron chi connectivity index (χ3n) is 2.38. The Labute approximate surface area is 115 Å². The van der Waals surface area contributed by atoms with Gasteiger partial charge < -0.3 is 15.5 Å². The molecule has 1 radical (unpaired) electrons. The average molecular weight is 273 g/mol. The number of rotatable bonds is 5. The molecule has 7 nitrogen and oxygen atoms in total. The van der Waals surface area contributed by atoms with Crippen LogP contribution >= 0.6 is 0 Å². The highest BCUT2D eigenvalue weighted by molar-refractivity contribution is 5.90. The molecule has 2 aromatic rings. The van der Waals surface area contributed by atoms with Crippen molar-refractivity contribution in [2.45, 2.75) is 6.42 Å². The summed E-state index contributed by atoms with van der Waals surface area (Å²) in [4.78, 5) is 28.8. The standard InChI is InChI=1S/C13H13N4O3/c14-12(19)20-10-4-1-9(2-5-10)3-6-11(18)17-13-15-7-8-16-13/h1-5,7-8H,6H2,(H2,14,19)(H2,15,16,17,18). The van der Waals surface area contributed by atoms with E-state index in [1.165, 1.54) is 0 Å². The number of benzene rings is 1. The number of nitrogens with one attached hydrogen (secondary N) is 2. The van der Waals surface area contributed by atoms with Crippen LogP contribution in [0.15, 0.2) is 36.7 Å². The monoisotopic (exact) mass is 273 g/mol. The lowest BCUT2D eigenvalue weighted by Crippen LogP contribution is -2.16. The zero-order valence-electron chi connectivity index (χ0n) is 10.5. The number of carbonyl (C=O) groups excluding carboxylic acids is 2. The molecule has 103 valence electrons. The minimum atomic E-state index is -0.862. The van der Waals surface area contributed by atoms with Crippen LogP contribution in [0.2, 0.25) is 0 Å². The molecule has 2 rings (SSSR count). The summed E-state index contributed by atoms with van der Waals surface area (Å²) in [6.45, 7) is 0. The van der Waals surface area contributed by atoms with E-state index in [2.05, 4.69) is 15.3 Å². The van der Waals surface area contributed by atoms with E-state index in [4.69, 9.17) is 10.5 Å². The summed E-state index contributed by atoms with van der Waals surface area (Å²) in [5.74, 6) is 0.584. The number of H-pyrrole nitrogens is 1. The maximum atomic E-state index is 11.6. The number of amides is 2. The second-order valence-electron chi connectivity index (χ2n) is 3.88. The zero-order chi connectivity index (χ0) is 14.4. The number of imidazole rings is 1. The molecule has 0 aliphatic carbocycles. The molecule has 0 atom stereocenters. The summed E-state index contributed by atoms with van der Waals surface area (Å²) in [5, 5.41) is 2.61. The maximum absolute atomic E-state index is 11.6. The predicted molar refractivity (Wildman–Crippen MR) is 71.9 cm³/mol. The van der Waals surface area contributed by atoms with E-state index >= 15 is 0 Å². The van der Waals surface area contributed by atoms with Crippen molar-refractivity contribution in [3.63, 3.8) is 0 Å². The van der Waals surface area contributed by atoms with E-state index < -0.39 is 6.09 Å². The fraction of sp³-hybridized carbons (Fsp3) is 0.0769. The van der Waals surface area contributed by atoms with Gasteiger partial charge in [0, 0.05) is 18.8 Å². The number of aromatic amines is 1.